The number of rotatable bonds is 3. The lowest BCUT2D eigenvalue weighted by molar-refractivity contribution is 0.266. The molecule has 2 rings (SSSR count). The first-order valence-corrected chi connectivity index (χ1v) is 5.86. The average Bonchev–Trinajstić information content (AvgIpc) is 2.86. The Bertz CT molecular complexity index is 150. The summed E-state index contributed by atoms with van der Waals surface area (Å²) >= 11 is 0. The molecule has 13 heavy (non-hydrogen) atoms. The smallest absolute Gasteiger partial charge is 0.0128 e. The van der Waals surface area contributed by atoms with Gasteiger partial charge in [-0.1, -0.05) is 13.3 Å². The second kappa shape index (κ2) is 4.43. The second-order valence-corrected chi connectivity index (χ2v) is 4.49. The standard InChI is InChI=1S/C11H22N2/c1-2-4-10-9-11(10)13-7-3-5-12-6-8-13/h10-12H,2-9H2,1H3. The van der Waals surface area contributed by atoms with E-state index in [0.717, 1.165) is 12.0 Å². The molecule has 76 valence electrons. The maximum Gasteiger partial charge on any atom is 0.0128 e. The largest absolute Gasteiger partial charge is 0.315 e. The second-order valence-electron chi connectivity index (χ2n) is 4.49. The maximum atomic E-state index is 3.47. The van der Waals surface area contributed by atoms with Gasteiger partial charge in [-0.2, -0.15) is 0 Å². The van der Waals surface area contributed by atoms with Gasteiger partial charge in [0.1, 0.15) is 0 Å². The van der Waals surface area contributed by atoms with Gasteiger partial charge in [-0.05, 0) is 38.3 Å². The van der Waals surface area contributed by atoms with Crippen molar-refractivity contribution in [2.75, 3.05) is 26.2 Å². The predicted octanol–water partition coefficient (Wildman–Crippen LogP) is 1.47. The van der Waals surface area contributed by atoms with Crippen molar-refractivity contribution in [3.05, 3.63) is 0 Å². The van der Waals surface area contributed by atoms with Gasteiger partial charge in [-0.15, -0.1) is 0 Å². The molecule has 1 N–H and O–H groups in total. The van der Waals surface area contributed by atoms with Crippen molar-refractivity contribution in [2.24, 2.45) is 5.92 Å². The van der Waals surface area contributed by atoms with Crippen molar-refractivity contribution in [1.82, 2.24) is 10.2 Å². The fourth-order valence-electron chi connectivity index (χ4n) is 2.56. The molecule has 2 nitrogen and oxygen atoms in total. The van der Waals surface area contributed by atoms with Crippen molar-refractivity contribution in [3.8, 4) is 0 Å². The fraction of sp³-hybridized carbons (Fsp3) is 1.00. The minimum absolute atomic E-state index is 0.958. The highest BCUT2D eigenvalue weighted by molar-refractivity contribution is 4.95. The van der Waals surface area contributed by atoms with E-state index >= 15 is 0 Å². The molecule has 1 saturated heterocycles. The molecule has 2 atom stereocenters. The summed E-state index contributed by atoms with van der Waals surface area (Å²) in [6, 6.07) is 0.958. The molecule has 2 fully saturated rings. The van der Waals surface area contributed by atoms with Crippen LogP contribution in [-0.4, -0.2) is 37.1 Å². The molecule has 1 aliphatic heterocycles. The first kappa shape index (κ1) is 9.47. The number of hydrogen-bond donors (Lipinski definition) is 1. The minimum Gasteiger partial charge on any atom is -0.315 e. The fourth-order valence-corrected chi connectivity index (χ4v) is 2.56. The van der Waals surface area contributed by atoms with Gasteiger partial charge in [0.2, 0.25) is 0 Å². The Morgan fingerprint density at radius 1 is 1.31 bits per heavy atom. The lowest BCUT2D eigenvalue weighted by Crippen LogP contribution is -2.31. The molecular weight excluding hydrogens is 160 g/mol. The van der Waals surface area contributed by atoms with Gasteiger partial charge in [0.05, 0.1) is 0 Å². The van der Waals surface area contributed by atoms with Crippen LogP contribution in [0.25, 0.3) is 0 Å². The summed E-state index contributed by atoms with van der Waals surface area (Å²) in [5.74, 6) is 1.04. The monoisotopic (exact) mass is 182 g/mol. The molecule has 2 heteroatoms. The number of nitrogens with one attached hydrogen (secondary N) is 1. The first-order valence-electron chi connectivity index (χ1n) is 5.86. The van der Waals surface area contributed by atoms with Crippen LogP contribution in [0.4, 0.5) is 0 Å². The average molecular weight is 182 g/mol. The Hall–Kier alpha value is -0.0800. The van der Waals surface area contributed by atoms with Gasteiger partial charge in [0.15, 0.2) is 0 Å². The van der Waals surface area contributed by atoms with Gasteiger partial charge < -0.3 is 5.32 Å². The van der Waals surface area contributed by atoms with Crippen LogP contribution >= 0.6 is 0 Å². The predicted molar refractivity (Wildman–Crippen MR) is 55.9 cm³/mol. The molecule has 2 unspecified atom stereocenters. The number of hydrogen-bond acceptors (Lipinski definition) is 2. The third-order valence-corrected chi connectivity index (χ3v) is 3.39. The van der Waals surface area contributed by atoms with Gasteiger partial charge in [-0.25, -0.2) is 0 Å². The maximum absolute atomic E-state index is 3.47. The summed E-state index contributed by atoms with van der Waals surface area (Å²) in [6.07, 6.45) is 5.64. The Morgan fingerprint density at radius 2 is 2.23 bits per heavy atom. The number of nitrogens with zero attached hydrogens (tertiary/aromatic N) is 1. The van der Waals surface area contributed by atoms with E-state index in [-0.39, 0.29) is 0 Å². The molecule has 0 radical (unpaired) electrons. The van der Waals surface area contributed by atoms with Crippen molar-refractivity contribution in [3.63, 3.8) is 0 Å². The lowest BCUT2D eigenvalue weighted by Gasteiger charge is -2.19. The summed E-state index contributed by atoms with van der Waals surface area (Å²) in [6.45, 7) is 7.35. The summed E-state index contributed by atoms with van der Waals surface area (Å²) in [5.41, 5.74) is 0. The zero-order valence-corrected chi connectivity index (χ0v) is 8.76. The summed E-state index contributed by atoms with van der Waals surface area (Å²) in [7, 11) is 0. The summed E-state index contributed by atoms with van der Waals surface area (Å²) in [4.78, 5) is 2.71. The third-order valence-electron chi connectivity index (χ3n) is 3.39. The van der Waals surface area contributed by atoms with E-state index in [1.54, 1.807) is 0 Å². The van der Waals surface area contributed by atoms with E-state index in [4.69, 9.17) is 0 Å². The van der Waals surface area contributed by atoms with Crippen molar-refractivity contribution >= 4 is 0 Å². The normalized spacial score (nSPS) is 35.8. The van der Waals surface area contributed by atoms with Crippen LogP contribution in [0, 0.1) is 5.92 Å². The highest BCUT2D eigenvalue weighted by atomic mass is 15.2. The SMILES string of the molecule is CCCC1CC1N1CCCNCC1. The van der Waals surface area contributed by atoms with Crippen LogP contribution in [0.3, 0.4) is 0 Å². The van der Waals surface area contributed by atoms with Crippen LogP contribution in [-0.2, 0) is 0 Å². The summed E-state index contributed by atoms with van der Waals surface area (Å²) < 4.78 is 0. The van der Waals surface area contributed by atoms with E-state index in [0.29, 0.717) is 0 Å². The first-order chi connectivity index (χ1) is 6.42. The quantitative estimate of drug-likeness (QED) is 0.711. The van der Waals surface area contributed by atoms with Gasteiger partial charge in [-0.3, -0.25) is 4.90 Å². The molecule has 0 aromatic rings. The summed E-state index contributed by atoms with van der Waals surface area (Å²) in [5, 5.41) is 3.47. The van der Waals surface area contributed by atoms with E-state index < -0.39 is 0 Å². The molecular formula is C11H22N2. The molecule has 1 heterocycles. The van der Waals surface area contributed by atoms with Crippen LogP contribution in [0.2, 0.25) is 0 Å². The molecule has 2 aliphatic rings. The van der Waals surface area contributed by atoms with Crippen LogP contribution in [0.15, 0.2) is 0 Å². The molecule has 0 aromatic heterocycles. The third kappa shape index (κ3) is 2.44. The van der Waals surface area contributed by atoms with Crippen molar-refractivity contribution in [2.45, 2.75) is 38.6 Å². The van der Waals surface area contributed by atoms with Gasteiger partial charge in [0.25, 0.3) is 0 Å². The Morgan fingerprint density at radius 3 is 3.08 bits per heavy atom. The van der Waals surface area contributed by atoms with Crippen molar-refractivity contribution in [1.29, 1.82) is 0 Å². The topological polar surface area (TPSA) is 15.3 Å². The molecule has 0 aromatic carbocycles. The zero-order chi connectivity index (χ0) is 9.10. The van der Waals surface area contributed by atoms with E-state index in [1.807, 2.05) is 0 Å². The van der Waals surface area contributed by atoms with E-state index in [2.05, 4.69) is 17.1 Å². The Balaban J connectivity index is 1.74. The van der Waals surface area contributed by atoms with E-state index in [9.17, 15) is 0 Å². The van der Waals surface area contributed by atoms with Crippen LogP contribution in [0.5, 0.6) is 0 Å². The lowest BCUT2D eigenvalue weighted by atomic mass is 10.2. The molecule has 0 spiro atoms. The molecule has 1 aliphatic carbocycles. The Kier molecular flexibility index (Phi) is 3.23. The van der Waals surface area contributed by atoms with E-state index in [1.165, 1.54) is 51.9 Å². The zero-order valence-electron chi connectivity index (χ0n) is 8.76. The van der Waals surface area contributed by atoms with Crippen molar-refractivity contribution < 1.29 is 0 Å². The van der Waals surface area contributed by atoms with Gasteiger partial charge in [0, 0.05) is 19.1 Å². The highest BCUT2D eigenvalue weighted by Gasteiger charge is 2.40. The highest BCUT2D eigenvalue weighted by Crippen LogP contribution is 2.39. The Labute approximate surface area is 81.7 Å². The van der Waals surface area contributed by atoms with Gasteiger partial charge >= 0.3 is 0 Å². The molecule has 0 bridgehead atoms. The molecule has 0 amide bonds. The van der Waals surface area contributed by atoms with Crippen LogP contribution < -0.4 is 5.32 Å². The minimum atomic E-state index is 0.958. The molecule has 1 saturated carbocycles. The van der Waals surface area contributed by atoms with Crippen LogP contribution in [0.1, 0.15) is 32.6 Å².